The van der Waals surface area contributed by atoms with Gasteiger partial charge in [-0.2, -0.15) is 0 Å². The largest absolute Gasteiger partial charge is 0.478 e. The number of aromatic nitrogens is 1. The lowest BCUT2D eigenvalue weighted by Gasteiger charge is -2.37. The SMILES string of the molecule is Cc1ccc(S(=O)(=O)Nc2ccc3nc(N4CCN(c5cc(C)ccc5C)CC4)cc(C(=O)O)c3c2)c(C)c1. The Morgan fingerprint density at radius 2 is 1.49 bits per heavy atom. The van der Waals surface area contributed by atoms with Gasteiger partial charge in [0.05, 0.1) is 16.0 Å². The lowest BCUT2D eigenvalue weighted by molar-refractivity contribution is 0.0699. The minimum atomic E-state index is -3.85. The van der Waals surface area contributed by atoms with Crippen LogP contribution in [-0.4, -0.2) is 50.7 Å². The Morgan fingerprint density at radius 3 is 2.18 bits per heavy atom. The number of anilines is 3. The molecule has 1 aliphatic rings. The van der Waals surface area contributed by atoms with Gasteiger partial charge in [0.2, 0.25) is 0 Å². The second-order valence-corrected chi connectivity index (χ2v) is 11.9. The summed E-state index contributed by atoms with van der Waals surface area (Å²) in [5, 5.41) is 10.4. The van der Waals surface area contributed by atoms with E-state index in [4.69, 9.17) is 4.98 Å². The molecule has 0 spiro atoms. The van der Waals surface area contributed by atoms with Crippen molar-refractivity contribution in [3.05, 3.63) is 88.5 Å². The summed E-state index contributed by atoms with van der Waals surface area (Å²) in [6.07, 6.45) is 0. The molecule has 1 aliphatic heterocycles. The van der Waals surface area contributed by atoms with Gasteiger partial charge in [0.15, 0.2) is 0 Å². The second-order valence-electron chi connectivity index (χ2n) is 10.2. The number of hydrogen-bond acceptors (Lipinski definition) is 6. The summed E-state index contributed by atoms with van der Waals surface area (Å²) in [5.41, 5.74) is 6.14. The number of piperazine rings is 1. The summed E-state index contributed by atoms with van der Waals surface area (Å²) in [7, 11) is -3.85. The summed E-state index contributed by atoms with van der Waals surface area (Å²) in [4.78, 5) is 21.7. The third kappa shape index (κ3) is 5.40. The molecule has 0 atom stereocenters. The Kier molecular flexibility index (Phi) is 6.94. The first-order chi connectivity index (χ1) is 18.5. The zero-order valence-electron chi connectivity index (χ0n) is 22.5. The molecule has 0 unspecified atom stereocenters. The van der Waals surface area contributed by atoms with E-state index in [1.165, 1.54) is 22.9 Å². The van der Waals surface area contributed by atoms with E-state index in [-0.39, 0.29) is 16.1 Å². The van der Waals surface area contributed by atoms with Gasteiger partial charge in [0.25, 0.3) is 10.0 Å². The number of hydrogen-bond donors (Lipinski definition) is 2. The number of nitrogens with one attached hydrogen (secondary N) is 1. The Balaban J connectivity index is 1.41. The topological polar surface area (TPSA) is 103 Å². The number of carboxylic acid groups (broad SMARTS) is 1. The average molecular weight is 545 g/mol. The molecule has 2 heterocycles. The molecule has 0 bridgehead atoms. The van der Waals surface area contributed by atoms with Crippen LogP contribution in [0.3, 0.4) is 0 Å². The van der Waals surface area contributed by atoms with Crippen LogP contribution in [0.4, 0.5) is 17.2 Å². The number of carbonyl (C=O) groups is 1. The van der Waals surface area contributed by atoms with E-state index in [1.807, 2.05) is 13.0 Å². The second kappa shape index (κ2) is 10.2. The minimum absolute atomic E-state index is 0.0829. The van der Waals surface area contributed by atoms with Gasteiger partial charge in [-0.25, -0.2) is 18.2 Å². The summed E-state index contributed by atoms with van der Waals surface area (Å²) in [6.45, 7) is 10.9. The van der Waals surface area contributed by atoms with Gasteiger partial charge in [-0.05, 0) is 80.8 Å². The summed E-state index contributed by atoms with van der Waals surface area (Å²) in [5.74, 6) is -0.490. The molecular formula is C30H32N4O4S. The summed E-state index contributed by atoms with van der Waals surface area (Å²) < 4.78 is 28.7. The van der Waals surface area contributed by atoms with Crippen molar-refractivity contribution in [3.8, 4) is 0 Å². The number of sulfonamides is 1. The van der Waals surface area contributed by atoms with Crippen LogP contribution in [0.2, 0.25) is 0 Å². The molecule has 0 radical (unpaired) electrons. The van der Waals surface area contributed by atoms with Crippen molar-refractivity contribution >= 4 is 44.1 Å². The first-order valence-electron chi connectivity index (χ1n) is 12.9. The van der Waals surface area contributed by atoms with Crippen LogP contribution in [0.5, 0.6) is 0 Å². The molecule has 1 aromatic heterocycles. The fourth-order valence-electron chi connectivity index (χ4n) is 5.16. The molecule has 4 aromatic rings. The predicted octanol–water partition coefficient (Wildman–Crippen LogP) is 5.29. The number of pyridine rings is 1. The maximum atomic E-state index is 13.1. The molecule has 0 aliphatic carbocycles. The molecule has 5 rings (SSSR count). The molecule has 1 saturated heterocycles. The molecule has 202 valence electrons. The Morgan fingerprint density at radius 1 is 0.821 bits per heavy atom. The van der Waals surface area contributed by atoms with Gasteiger partial charge < -0.3 is 14.9 Å². The smallest absolute Gasteiger partial charge is 0.336 e. The Labute approximate surface area is 229 Å². The number of aryl methyl sites for hydroxylation is 4. The zero-order chi connectivity index (χ0) is 27.9. The van der Waals surface area contributed by atoms with Gasteiger partial charge in [0, 0.05) is 42.9 Å². The maximum Gasteiger partial charge on any atom is 0.336 e. The van der Waals surface area contributed by atoms with E-state index in [2.05, 4.69) is 46.6 Å². The molecule has 0 saturated carbocycles. The van der Waals surface area contributed by atoms with Crippen LogP contribution in [0, 0.1) is 27.7 Å². The molecule has 2 N–H and O–H groups in total. The van der Waals surface area contributed by atoms with Crippen LogP contribution >= 0.6 is 0 Å². The zero-order valence-corrected chi connectivity index (χ0v) is 23.3. The van der Waals surface area contributed by atoms with Gasteiger partial charge in [-0.3, -0.25) is 4.72 Å². The van der Waals surface area contributed by atoms with E-state index in [9.17, 15) is 18.3 Å². The number of rotatable bonds is 6. The molecule has 9 heteroatoms. The van der Waals surface area contributed by atoms with Crippen LogP contribution in [0.25, 0.3) is 10.9 Å². The number of aromatic carboxylic acids is 1. The highest BCUT2D eigenvalue weighted by Gasteiger charge is 2.23. The minimum Gasteiger partial charge on any atom is -0.478 e. The predicted molar refractivity (Wildman–Crippen MR) is 156 cm³/mol. The van der Waals surface area contributed by atoms with Crippen LogP contribution < -0.4 is 14.5 Å². The third-order valence-electron chi connectivity index (χ3n) is 7.21. The van der Waals surface area contributed by atoms with E-state index in [1.54, 1.807) is 37.3 Å². The van der Waals surface area contributed by atoms with E-state index >= 15 is 0 Å². The van der Waals surface area contributed by atoms with Gasteiger partial charge in [0.1, 0.15) is 5.82 Å². The first-order valence-corrected chi connectivity index (χ1v) is 14.4. The maximum absolute atomic E-state index is 13.1. The average Bonchev–Trinajstić information content (AvgIpc) is 2.89. The van der Waals surface area contributed by atoms with Gasteiger partial charge >= 0.3 is 5.97 Å². The van der Waals surface area contributed by atoms with E-state index in [0.717, 1.165) is 18.7 Å². The molecule has 1 fully saturated rings. The van der Waals surface area contributed by atoms with Gasteiger partial charge in [-0.1, -0.05) is 29.8 Å². The van der Waals surface area contributed by atoms with Crippen molar-refractivity contribution in [2.24, 2.45) is 0 Å². The lowest BCUT2D eigenvalue weighted by Crippen LogP contribution is -2.47. The summed E-state index contributed by atoms with van der Waals surface area (Å²) >= 11 is 0. The number of nitrogens with zero attached hydrogens (tertiary/aromatic N) is 3. The van der Waals surface area contributed by atoms with Crippen molar-refractivity contribution in [3.63, 3.8) is 0 Å². The van der Waals surface area contributed by atoms with Crippen LogP contribution in [0.15, 0.2) is 65.6 Å². The monoisotopic (exact) mass is 544 g/mol. The van der Waals surface area contributed by atoms with Crippen molar-refractivity contribution in [2.75, 3.05) is 40.7 Å². The lowest BCUT2D eigenvalue weighted by atomic mass is 10.1. The fourth-order valence-corrected chi connectivity index (χ4v) is 6.44. The summed E-state index contributed by atoms with van der Waals surface area (Å²) in [6, 6.07) is 18.0. The first kappa shape index (κ1) is 26.5. The van der Waals surface area contributed by atoms with Crippen LogP contribution in [0.1, 0.15) is 32.6 Å². The number of benzene rings is 3. The van der Waals surface area contributed by atoms with Crippen molar-refractivity contribution in [1.29, 1.82) is 0 Å². The molecule has 3 aromatic carbocycles. The molecule has 8 nitrogen and oxygen atoms in total. The Hall–Kier alpha value is -4.11. The quantitative estimate of drug-likeness (QED) is 0.340. The van der Waals surface area contributed by atoms with E-state index < -0.39 is 16.0 Å². The highest BCUT2D eigenvalue weighted by Crippen LogP contribution is 2.29. The standard InChI is InChI=1S/C30H32N4O4S/c1-19-6-10-28(22(4)15-19)39(37,38)32-23-8-9-26-24(17-23)25(30(35)36)18-29(31-26)34-13-11-33(12-14-34)27-16-20(2)5-7-21(27)3/h5-10,15-18,32H,11-14H2,1-4H3,(H,35,36). The van der Waals surface area contributed by atoms with E-state index in [0.29, 0.717) is 35.4 Å². The molecular weight excluding hydrogens is 512 g/mol. The van der Waals surface area contributed by atoms with Gasteiger partial charge in [-0.15, -0.1) is 0 Å². The van der Waals surface area contributed by atoms with Crippen molar-refractivity contribution < 1.29 is 18.3 Å². The van der Waals surface area contributed by atoms with Crippen molar-refractivity contribution in [1.82, 2.24) is 4.98 Å². The Bertz CT molecular complexity index is 1690. The normalized spacial score (nSPS) is 14.1. The fraction of sp³-hybridized carbons (Fsp3) is 0.267. The third-order valence-corrected chi connectivity index (χ3v) is 8.75. The highest BCUT2D eigenvalue weighted by atomic mass is 32.2. The molecule has 0 amide bonds. The molecule has 39 heavy (non-hydrogen) atoms. The number of carboxylic acids is 1. The van der Waals surface area contributed by atoms with Crippen molar-refractivity contribution in [2.45, 2.75) is 32.6 Å². The number of fused-ring (bicyclic) bond motifs is 1. The van der Waals surface area contributed by atoms with Crippen LogP contribution in [-0.2, 0) is 10.0 Å². The highest BCUT2D eigenvalue weighted by molar-refractivity contribution is 7.92.